The first-order chi connectivity index (χ1) is 9.98. The molecule has 116 valence electrons. The number of hydrogen-bond donors (Lipinski definition) is 2. The number of rotatable bonds is 2. The van der Waals surface area contributed by atoms with E-state index in [-0.39, 0.29) is 11.6 Å². The molecule has 0 radical (unpaired) electrons. The van der Waals surface area contributed by atoms with Crippen LogP contribution in [0, 0.1) is 23.7 Å². The summed E-state index contributed by atoms with van der Waals surface area (Å²) in [5.41, 5.74) is -0.376. The van der Waals surface area contributed by atoms with Crippen molar-refractivity contribution in [2.75, 3.05) is 6.54 Å². The second-order valence-corrected chi connectivity index (χ2v) is 8.85. The van der Waals surface area contributed by atoms with Gasteiger partial charge in [0, 0.05) is 12.6 Å². The Balaban J connectivity index is 1.51. The zero-order valence-electron chi connectivity index (χ0n) is 12.8. The molecule has 2 N–H and O–H groups in total. The SMILES string of the molecule is CC1(C2CC2)CNC(=O)N1C1C2CC3CC1CC(O)(C3)C2. The van der Waals surface area contributed by atoms with E-state index in [0.717, 1.165) is 25.8 Å². The molecule has 0 spiro atoms. The van der Waals surface area contributed by atoms with Gasteiger partial charge >= 0.3 is 6.03 Å². The Morgan fingerprint density at radius 2 is 1.86 bits per heavy atom. The molecule has 3 unspecified atom stereocenters. The molecule has 0 aromatic rings. The Hall–Kier alpha value is -0.770. The molecule has 4 bridgehead atoms. The van der Waals surface area contributed by atoms with Crippen molar-refractivity contribution >= 4 is 6.03 Å². The molecular weight excluding hydrogens is 264 g/mol. The van der Waals surface area contributed by atoms with E-state index in [0.29, 0.717) is 29.7 Å². The summed E-state index contributed by atoms with van der Waals surface area (Å²) in [7, 11) is 0. The number of nitrogens with zero attached hydrogens (tertiary/aromatic N) is 1. The number of carbonyl (C=O) groups excluding carboxylic acids is 1. The summed E-state index contributed by atoms with van der Waals surface area (Å²) in [6, 6.07) is 0.545. The fourth-order valence-corrected chi connectivity index (χ4v) is 6.56. The van der Waals surface area contributed by atoms with E-state index < -0.39 is 5.60 Å². The van der Waals surface area contributed by atoms with Crippen LogP contribution < -0.4 is 5.32 Å². The number of carbonyl (C=O) groups is 1. The van der Waals surface area contributed by atoms with Gasteiger partial charge < -0.3 is 15.3 Å². The number of nitrogens with one attached hydrogen (secondary N) is 1. The van der Waals surface area contributed by atoms with Crippen LogP contribution in [0.2, 0.25) is 0 Å². The van der Waals surface area contributed by atoms with Crippen LogP contribution in [0.5, 0.6) is 0 Å². The fourth-order valence-electron chi connectivity index (χ4n) is 6.56. The molecule has 0 aromatic carbocycles. The van der Waals surface area contributed by atoms with Crippen molar-refractivity contribution < 1.29 is 9.90 Å². The standard InChI is InChI=1S/C17H26N2O2/c1-16(13-2-3-13)9-18-15(20)19(16)14-11-4-10-5-12(14)8-17(21,6-10)7-11/h10-14,21H,2-9H2,1H3,(H,18,20). The molecule has 6 rings (SSSR count). The Bertz CT molecular complexity index is 487. The van der Waals surface area contributed by atoms with Crippen molar-refractivity contribution in [1.29, 1.82) is 0 Å². The molecule has 4 nitrogen and oxygen atoms in total. The van der Waals surface area contributed by atoms with Crippen LogP contribution in [0.25, 0.3) is 0 Å². The van der Waals surface area contributed by atoms with Gasteiger partial charge in [-0.05, 0) is 75.5 Å². The molecule has 6 fully saturated rings. The highest BCUT2D eigenvalue weighted by Gasteiger charge is 2.62. The molecule has 5 aliphatic carbocycles. The summed E-state index contributed by atoms with van der Waals surface area (Å²) in [5, 5.41) is 13.9. The van der Waals surface area contributed by atoms with Crippen LogP contribution in [0.15, 0.2) is 0 Å². The van der Waals surface area contributed by atoms with E-state index >= 15 is 0 Å². The number of urea groups is 1. The lowest BCUT2D eigenvalue weighted by Crippen LogP contribution is -2.65. The fraction of sp³-hybridized carbons (Fsp3) is 0.941. The van der Waals surface area contributed by atoms with Crippen LogP contribution >= 0.6 is 0 Å². The zero-order valence-corrected chi connectivity index (χ0v) is 12.8. The summed E-state index contributed by atoms with van der Waals surface area (Å²) < 4.78 is 0. The topological polar surface area (TPSA) is 52.6 Å². The molecule has 5 saturated carbocycles. The van der Waals surface area contributed by atoms with E-state index in [9.17, 15) is 9.90 Å². The third-order valence-electron chi connectivity index (χ3n) is 7.31. The highest BCUT2D eigenvalue weighted by atomic mass is 16.3. The maximum absolute atomic E-state index is 12.6. The largest absolute Gasteiger partial charge is 0.390 e. The van der Waals surface area contributed by atoms with Crippen molar-refractivity contribution in [3.05, 3.63) is 0 Å². The van der Waals surface area contributed by atoms with E-state index in [4.69, 9.17) is 0 Å². The summed E-state index contributed by atoms with van der Waals surface area (Å²) >= 11 is 0. The average molecular weight is 290 g/mol. The van der Waals surface area contributed by atoms with Crippen LogP contribution in [0.4, 0.5) is 4.79 Å². The van der Waals surface area contributed by atoms with E-state index in [1.807, 2.05) is 0 Å². The first kappa shape index (κ1) is 12.7. The van der Waals surface area contributed by atoms with Crippen LogP contribution in [0.3, 0.4) is 0 Å². The van der Waals surface area contributed by atoms with Gasteiger partial charge in [0.25, 0.3) is 0 Å². The number of amides is 2. The quantitative estimate of drug-likeness (QED) is 0.818. The molecule has 21 heavy (non-hydrogen) atoms. The van der Waals surface area contributed by atoms with Gasteiger partial charge in [-0.25, -0.2) is 4.79 Å². The van der Waals surface area contributed by atoms with Crippen LogP contribution in [-0.2, 0) is 0 Å². The molecule has 3 atom stereocenters. The molecule has 1 saturated heterocycles. The Kier molecular flexibility index (Phi) is 2.28. The minimum Gasteiger partial charge on any atom is -0.390 e. The summed E-state index contributed by atoms with van der Waals surface area (Å²) in [4.78, 5) is 14.8. The summed E-state index contributed by atoms with van der Waals surface area (Å²) in [6.45, 7) is 3.11. The number of hydrogen-bond acceptors (Lipinski definition) is 2. The van der Waals surface area contributed by atoms with Crippen molar-refractivity contribution in [3.8, 4) is 0 Å². The molecular formula is C17H26N2O2. The maximum Gasteiger partial charge on any atom is 0.318 e. The lowest BCUT2D eigenvalue weighted by Gasteiger charge is -2.61. The second kappa shape index (κ2) is 3.76. The van der Waals surface area contributed by atoms with Gasteiger partial charge in [0.1, 0.15) is 0 Å². The summed E-state index contributed by atoms with van der Waals surface area (Å²) in [6.07, 6.45) is 7.87. The van der Waals surface area contributed by atoms with E-state index in [1.54, 1.807) is 0 Å². The third kappa shape index (κ3) is 1.63. The van der Waals surface area contributed by atoms with Gasteiger partial charge in [-0.1, -0.05) is 0 Å². The lowest BCUT2D eigenvalue weighted by molar-refractivity contribution is -0.161. The highest BCUT2D eigenvalue weighted by Crippen LogP contribution is 2.59. The minimum atomic E-state index is -0.404. The number of aliphatic hydroxyl groups is 1. The maximum atomic E-state index is 12.6. The second-order valence-electron chi connectivity index (χ2n) is 8.85. The molecule has 2 amide bonds. The van der Waals surface area contributed by atoms with Crippen molar-refractivity contribution in [3.63, 3.8) is 0 Å². The Labute approximate surface area is 126 Å². The van der Waals surface area contributed by atoms with Gasteiger partial charge in [0.15, 0.2) is 0 Å². The zero-order chi connectivity index (χ0) is 14.4. The normalized spacial score (nSPS) is 55.1. The smallest absolute Gasteiger partial charge is 0.318 e. The monoisotopic (exact) mass is 290 g/mol. The van der Waals surface area contributed by atoms with Gasteiger partial charge in [-0.15, -0.1) is 0 Å². The van der Waals surface area contributed by atoms with Gasteiger partial charge in [0.2, 0.25) is 0 Å². The third-order valence-corrected chi connectivity index (χ3v) is 7.31. The van der Waals surface area contributed by atoms with Crippen molar-refractivity contribution in [1.82, 2.24) is 10.2 Å². The van der Waals surface area contributed by atoms with E-state index in [2.05, 4.69) is 17.1 Å². The Morgan fingerprint density at radius 3 is 2.43 bits per heavy atom. The lowest BCUT2D eigenvalue weighted by atomic mass is 9.51. The predicted molar refractivity (Wildman–Crippen MR) is 78.7 cm³/mol. The van der Waals surface area contributed by atoms with Crippen LogP contribution in [0.1, 0.15) is 51.9 Å². The molecule has 1 heterocycles. The molecule has 6 aliphatic rings. The van der Waals surface area contributed by atoms with Crippen molar-refractivity contribution in [2.45, 2.75) is 69.1 Å². The van der Waals surface area contributed by atoms with Crippen molar-refractivity contribution in [2.24, 2.45) is 23.7 Å². The molecule has 4 heteroatoms. The highest BCUT2D eigenvalue weighted by molar-refractivity contribution is 5.78. The first-order valence-corrected chi connectivity index (χ1v) is 8.78. The summed E-state index contributed by atoms with van der Waals surface area (Å²) in [5.74, 6) is 2.46. The Morgan fingerprint density at radius 1 is 1.19 bits per heavy atom. The molecule has 0 aromatic heterocycles. The van der Waals surface area contributed by atoms with Gasteiger partial charge in [0.05, 0.1) is 11.1 Å². The first-order valence-electron chi connectivity index (χ1n) is 8.78. The minimum absolute atomic E-state index is 0.0275. The van der Waals surface area contributed by atoms with E-state index in [1.165, 1.54) is 25.7 Å². The predicted octanol–water partition coefficient (Wildman–Crippen LogP) is 2.12. The van der Waals surface area contributed by atoms with Gasteiger partial charge in [-0.3, -0.25) is 0 Å². The molecule has 1 aliphatic heterocycles. The van der Waals surface area contributed by atoms with Gasteiger partial charge in [-0.2, -0.15) is 0 Å². The van der Waals surface area contributed by atoms with Crippen LogP contribution in [-0.4, -0.2) is 39.8 Å². The average Bonchev–Trinajstić information content (AvgIpc) is 3.19.